The number of primary amides is 1. The summed E-state index contributed by atoms with van der Waals surface area (Å²) in [5.74, 6) is -1.20. The third kappa shape index (κ3) is 1.72. The van der Waals surface area contributed by atoms with Gasteiger partial charge in [-0.25, -0.2) is 9.37 Å². The Bertz CT molecular complexity index is 693. The monoisotopic (exact) mass is 259 g/mol. The van der Waals surface area contributed by atoms with Crippen LogP contribution in [0.15, 0.2) is 30.6 Å². The van der Waals surface area contributed by atoms with Crippen LogP contribution >= 0.6 is 0 Å². The molecule has 0 spiro atoms. The van der Waals surface area contributed by atoms with E-state index in [1.807, 2.05) is 0 Å². The van der Waals surface area contributed by atoms with Gasteiger partial charge in [-0.05, 0) is 23.8 Å². The molecule has 3 rings (SSSR count). The molecule has 1 unspecified atom stereocenters. The number of rotatable bonds is 2. The number of amides is 1. The molecule has 0 saturated carbocycles. The number of hydrogen-bond acceptors (Lipinski definition) is 3. The lowest BCUT2D eigenvalue weighted by Crippen LogP contribution is -2.23. The number of carbonyl (C=O) groups excluding carboxylic acids is 2. The predicted octanol–water partition coefficient (Wildman–Crippen LogP) is 1.10. The van der Waals surface area contributed by atoms with Gasteiger partial charge in [0, 0.05) is 24.4 Å². The van der Waals surface area contributed by atoms with E-state index < -0.39 is 11.9 Å². The zero-order chi connectivity index (χ0) is 13.6. The number of benzene rings is 1. The molecule has 19 heavy (non-hydrogen) atoms. The number of carbonyl (C=O) groups is 2. The van der Waals surface area contributed by atoms with Gasteiger partial charge in [0.15, 0.2) is 11.6 Å². The maximum absolute atomic E-state index is 13.2. The van der Waals surface area contributed by atoms with E-state index in [1.165, 1.54) is 35.2 Å². The quantitative estimate of drug-likeness (QED) is 0.877. The Hall–Kier alpha value is -2.50. The van der Waals surface area contributed by atoms with Crippen LogP contribution in [-0.4, -0.2) is 21.2 Å². The van der Waals surface area contributed by atoms with Crippen molar-refractivity contribution in [2.75, 3.05) is 0 Å². The van der Waals surface area contributed by atoms with Gasteiger partial charge in [-0.2, -0.15) is 0 Å². The number of imidazole rings is 1. The summed E-state index contributed by atoms with van der Waals surface area (Å²) in [5, 5.41) is 0. The number of nitrogens with zero attached hydrogens (tertiary/aromatic N) is 2. The minimum Gasteiger partial charge on any atom is -0.363 e. The van der Waals surface area contributed by atoms with E-state index in [0.717, 1.165) is 0 Å². The lowest BCUT2D eigenvalue weighted by atomic mass is 10.1. The molecule has 96 valence electrons. The van der Waals surface area contributed by atoms with Gasteiger partial charge in [-0.15, -0.1) is 0 Å². The molecule has 1 aromatic carbocycles. The molecule has 1 heterocycles. The summed E-state index contributed by atoms with van der Waals surface area (Å²) in [7, 11) is 0. The molecule has 1 atom stereocenters. The molecular weight excluding hydrogens is 249 g/mol. The maximum atomic E-state index is 13.2. The number of aromatic nitrogens is 2. The zero-order valence-electron chi connectivity index (χ0n) is 9.84. The summed E-state index contributed by atoms with van der Waals surface area (Å²) in [6.07, 6.45) is 3.28. The predicted molar refractivity (Wildman–Crippen MR) is 64.2 cm³/mol. The summed E-state index contributed by atoms with van der Waals surface area (Å²) >= 11 is 0. The van der Waals surface area contributed by atoms with Crippen LogP contribution in [0, 0.1) is 5.82 Å². The first-order chi connectivity index (χ1) is 9.08. The molecule has 0 fully saturated rings. The van der Waals surface area contributed by atoms with Gasteiger partial charge in [0.1, 0.15) is 11.9 Å². The Labute approximate surface area is 107 Å². The van der Waals surface area contributed by atoms with E-state index in [4.69, 9.17) is 5.73 Å². The number of fused-ring (bicyclic) bond motifs is 1. The van der Waals surface area contributed by atoms with Crippen LogP contribution in [-0.2, 0) is 6.42 Å². The molecule has 2 aromatic rings. The van der Waals surface area contributed by atoms with Gasteiger partial charge in [0.05, 0.1) is 0 Å². The van der Waals surface area contributed by atoms with Crippen molar-refractivity contribution in [2.45, 2.75) is 12.5 Å². The summed E-state index contributed by atoms with van der Waals surface area (Å²) in [4.78, 5) is 27.3. The number of nitrogens with two attached hydrogens (primary N) is 1. The first kappa shape index (κ1) is 11.6. The summed E-state index contributed by atoms with van der Waals surface area (Å²) in [6.45, 7) is 0. The Morgan fingerprint density at radius 1 is 1.47 bits per heavy atom. The van der Waals surface area contributed by atoms with Crippen molar-refractivity contribution in [2.24, 2.45) is 5.73 Å². The molecule has 0 radical (unpaired) electrons. The van der Waals surface area contributed by atoms with E-state index in [2.05, 4.69) is 4.98 Å². The molecule has 6 heteroatoms. The second-order valence-electron chi connectivity index (χ2n) is 4.41. The molecule has 0 bridgehead atoms. The minimum absolute atomic E-state index is 0.0339. The lowest BCUT2D eigenvalue weighted by Gasteiger charge is -2.11. The highest BCUT2D eigenvalue weighted by Crippen LogP contribution is 2.31. The van der Waals surface area contributed by atoms with Crippen LogP contribution < -0.4 is 5.73 Å². The fourth-order valence-corrected chi connectivity index (χ4v) is 2.43. The summed E-state index contributed by atoms with van der Waals surface area (Å²) < 4.78 is 14.6. The van der Waals surface area contributed by atoms with Gasteiger partial charge in [-0.3, -0.25) is 9.59 Å². The molecule has 0 saturated heterocycles. The van der Waals surface area contributed by atoms with Gasteiger partial charge in [-0.1, -0.05) is 0 Å². The van der Waals surface area contributed by atoms with Gasteiger partial charge in [0.2, 0.25) is 0 Å². The third-order valence-corrected chi connectivity index (χ3v) is 3.27. The molecule has 5 nitrogen and oxygen atoms in total. The maximum Gasteiger partial charge on any atom is 0.284 e. The molecule has 0 aliphatic heterocycles. The van der Waals surface area contributed by atoms with Crippen molar-refractivity contribution in [1.29, 1.82) is 0 Å². The highest BCUT2D eigenvalue weighted by molar-refractivity contribution is 6.04. The molecular formula is C13H10FN3O2. The highest BCUT2D eigenvalue weighted by Gasteiger charge is 2.33. The van der Waals surface area contributed by atoms with Gasteiger partial charge in [0.25, 0.3) is 5.91 Å². The van der Waals surface area contributed by atoms with E-state index >= 15 is 0 Å². The molecule has 1 aromatic heterocycles. The van der Waals surface area contributed by atoms with Crippen LogP contribution in [0.25, 0.3) is 0 Å². The van der Waals surface area contributed by atoms with Crippen molar-refractivity contribution >= 4 is 11.7 Å². The largest absolute Gasteiger partial charge is 0.363 e. The fraction of sp³-hybridized carbons (Fsp3) is 0.154. The van der Waals surface area contributed by atoms with Gasteiger partial charge < -0.3 is 10.3 Å². The normalized spacial score (nSPS) is 17.5. The first-order valence-electron chi connectivity index (χ1n) is 5.73. The fourth-order valence-electron chi connectivity index (χ4n) is 2.43. The number of halogens is 1. The standard InChI is InChI=1S/C13H10FN3O2/c14-8-1-2-9-7(5-8)6-10(11(9)18)17-4-3-16-13(17)12(15)19/h1-5,10H,6H2,(H2,15,19). The third-order valence-electron chi connectivity index (χ3n) is 3.27. The second-order valence-corrected chi connectivity index (χ2v) is 4.41. The van der Waals surface area contributed by atoms with E-state index in [-0.39, 0.29) is 17.4 Å². The van der Waals surface area contributed by atoms with Crippen LogP contribution in [0.2, 0.25) is 0 Å². The Balaban J connectivity index is 2.04. The second kappa shape index (κ2) is 4.01. The molecule has 1 amide bonds. The van der Waals surface area contributed by atoms with Crippen LogP contribution in [0.1, 0.15) is 32.6 Å². The molecule has 1 aliphatic carbocycles. The Morgan fingerprint density at radius 2 is 2.26 bits per heavy atom. The van der Waals surface area contributed by atoms with Crippen molar-refractivity contribution in [3.8, 4) is 0 Å². The molecule has 2 N–H and O–H groups in total. The summed E-state index contributed by atoms with van der Waals surface area (Å²) in [5.41, 5.74) is 6.33. The average Bonchev–Trinajstić information content (AvgIpc) is 2.94. The van der Waals surface area contributed by atoms with E-state index in [9.17, 15) is 14.0 Å². The Kier molecular flexibility index (Phi) is 2.45. The minimum atomic E-state index is -0.695. The number of Topliss-reactive ketones (excluding diaryl/α,β-unsaturated/α-hetero) is 1. The first-order valence-corrected chi connectivity index (χ1v) is 5.73. The number of ketones is 1. The van der Waals surface area contributed by atoms with E-state index in [1.54, 1.807) is 0 Å². The smallest absolute Gasteiger partial charge is 0.284 e. The van der Waals surface area contributed by atoms with Crippen molar-refractivity contribution in [3.63, 3.8) is 0 Å². The van der Waals surface area contributed by atoms with Crippen LogP contribution in [0.4, 0.5) is 4.39 Å². The van der Waals surface area contributed by atoms with E-state index in [0.29, 0.717) is 17.5 Å². The van der Waals surface area contributed by atoms with Crippen molar-refractivity contribution < 1.29 is 14.0 Å². The van der Waals surface area contributed by atoms with Crippen LogP contribution in [0.3, 0.4) is 0 Å². The van der Waals surface area contributed by atoms with Gasteiger partial charge >= 0.3 is 0 Å². The number of hydrogen-bond donors (Lipinski definition) is 1. The Morgan fingerprint density at radius 3 is 3.00 bits per heavy atom. The topological polar surface area (TPSA) is 78.0 Å². The summed E-state index contributed by atoms with van der Waals surface area (Å²) in [6, 6.07) is 3.48. The molecule has 1 aliphatic rings. The zero-order valence-corrected chi connectivity index (χ0v) is 9.84. The average molecular weight is 259 g/mol. The van der Waals surface area contributed by atoms with Crippen molar-refractivity contribution in [1.82, 2.24) is 9.55 Å². The lowest BCUT2D eigenvalue weighted by molar-refractivity contribution is 0.0931. The SMILES string of the molecule is NC(=O)c1nccn1C1Cc2cc(F)ccc2C1=O. The van der Waals surface area contributed by atoms with Crippen LogP contribution in [0.5, 0.6) is 0 Å². The highest BCUT2D eigenvalue weighted by atomic mass is 19.1. The van der Waals surface area contributed by atoms with Crippen molar-refractivity contribution in [3.05, 3.63) is 53.4 Å².